The second-order valence-corrected chi connectivity index (χ2v) is 6.41. The first kappa shape index (κ1) is 18.8. The molecule has 0 fully saturated rings. The van der Waals surface area contributed by atoms with Crippen molar-refractivity contribution in [3.63, 3.8) is 0 Å². The average Bonchev–Trinajstić information content (AvgIpc) is 2.60. The van der Waals surface area contributed by atoms with Gasteiger partial charge in [0.1, 0.15) is 18.1 Å². The smallest absolute Gasteiger partial charge is 0.258 e. The molecule has 0 spiro atoms. The molecular weight excluding hydrogens is 314 g/mol. The number of rotatable bonds is 8. The first-order valence-corrected chi connectivity index (χ1v) is 8.66. The molecule has 4 nitrogen and oxygen atoms in total. The minimum absolute atomic E-state index is 0.00446. The fourth-order valence-electron chi connectivity index (χ4n) is 2.38. The lowest BCUT2D eigenvalue weighted by Gasteiger charge is -2.12. The Balaban J connectivity index is 1.68. The van der Waals surface area contributed by atoms with Crippen molar-refractivity contribution in [2.75, 3.05) is 19.8 Å². The van der Waals surface area contributed by atoms with Gasteiger partial charge in [0.15, 0.2) is 6.61 Å². The molecule has 4 heteroatoms. The molecule has 2 aromatic rings. The van der Waals surface area contributed by atoms with Crippen molar-refractivity contribution in [3.8, 4) is 11.5 Å². The second kappa shape index (κ2) is 9.11. The van der Waals surface area contributed by atoms with E-state index >= 15 is 0 Å². The van der Waals surface area contributed by atoms with Gasteiger partial charge >= 0.3 is 0 Å². The molecule has 0 aliphatic carbocycles. The van der Waals surface area contributed by atoms with Crippen molar-refractivity contribution in [1.82, 2.24) is 5.32 Å². The normalized spacial score (nSPS) is 10.6. The number of carbonyl (C=O) groups is 1. The summed E-state index contributed by atoms with van der Waals surface area (Å²) in [7, 11) is 0. The molecule has 0 heterocycles. The molecule has 2 rings (SSSR count). The van der Waals surface area contributed by atoms with Gasteiger partial charge in [0.2, 0.25) is 0 Å². The van der Waals surface area contributed by atoms with Crippen LogP contribution < -0.4 is 14.8 Å². The summed E-state index contributed by atoms with van der Waals surface area (Å²) in [6.45, 7) is 9.25. The molecule has 0 saturated heterocycles. The van der Waals surface area contributed by atoms with Gasteiger partial charge in [-0.05, 0) is 54.7 Å². The summed E-state index contributed by atoms with van der Waals surface area (Å²) in [5.41, 5.74) is 3.57. The Morgan fingerprint density at radius 2 is 1.76 bits per heavy atom. The Kier molecular flexibility index (Phi) is 6.87. The van der Waals surface area contributed by atoms with Gasteiger partial charge in [0.05, 0.1) is 6.54 Å². The molecule has 1 N–H and O–H groups in total. The first-order chi connectivity index (χ1) is 12.0. The Morgan fingerprint density at radius 1 is 1.04 bits per heavy atom. The van der Waals surface area contributed by atoms with Crippen LogP contribution in [0.25, 0.3) is 0 Å². The minimum Gasteiger partial charge on any atom is -0.491 e. The van der Waals surface area contributed by atoms with Crippen LogP contribution >= 0.6 is 0 Å². The van der Waals surface area contributed by atoms with E-state index in [0.29, 0.717) is 24.8 Å². The third-order valence-corrected chi connectivity index (χ3v) is 4.15. The van der Waals surface area contributed by atoms with Gasteiger partial charge in [-0.1, -0.05) is 38.1 Å². The van der Waals surface area contributed by atoms with E-state index < -0.39 is 0 Å². The fourth-order valence-corrected chi connectivity index (χ4v) is 2.38. The topological polar surface area (TPSA) is 47.6 Å². The van der Waals surface area contributed by atoms with Crippen LogP contribution in [0.1, 0.15) is 36.5 Å². The highest BCUT2D eigenvalue weighted by molar-refractivity contribution is 5.77. The van der Waals surface area contributed by atoms with Gasteiger partial charge in [-0.2, -0.15) is 0 Å². The van der Waals surface area contributed by atoms with Crippen molar-refractivity contribution < 1.29 is 14.3 Å². The molecule has 0 radical (unpaired) electrons. The predicted molar refractivity (Wildman–Crippen MR) is 100 cm³/mol. The molecule has 0 bridgehead atoms. The zero-order valence-corrected chi connectivity index (χ0v) is 15.5. The number of carbonyl (C=O) groups excluding carboxylic acids is 1. The summed E-state index contributed by atoms with van der Waals surface area (Å²) in [5, 5.41) is 2.80. The molecule has 0 atom stereocenters. The second-order valence-electron chi connectivity index (χ2n) is 6.41. The molecule has 0 aliphatic rings. The van der Waals surface area contributed by atoms with E-state index in [0.717, 1.165) is 11.3 Å². The van der Waals surface area contributed by atoms with E-state index in [-0.39, 0.29) is 12.5 Å². The molecule has 0 unspecified atom stereocenters. The SMILES string of the molecule is Cc1cccc(OCCNC(=O)COc2ccc(C(C)C)cc2)c1C. The maximum absolute atomic E-state index is 11.8. The maximum Gasteiger partial charge on any atom is 0.258 e. The molecule has 1 amide bonds. The molecule has 134 valence electrons. The largest absolute Gasteiger partial charge is 0.491 e. The lowest BCUT2D eigenvalue weighted by molar-refractivity contribution is -0.123. The summed E-state index contributed by atoms with van der Waals surface area (Å²) in [5.74, 6) is 1.88. The van der Waals surface area contributed by atoms with Crippen LogP contribution in [-0.2, 0) is 4.79 Å². The van der Waals surface area contributed by atoms with Crippen molar-refractivity contribution >= 4 is 5.91 Å². The number of hydrogen-bond acceptors (Lipinski definition) is 3. The van der Waals surface area contributed by atoms with Crippen LogP contribution in [0.3, 0.4) is 0 Å². The highest BCUT2D eigenvalue weighted by Gasteiger charge is 2.05. The number of aryl methyl sites for hydroxylation is 1. The Hall–Kier alpha value is -2.49. The summed E-state index contributed by atoms with van der Waals surface area (Å²) >= 11 is 0. The van der Waals surface area contributed by atoms with E-state index in [1.807, 2.05) is 43.3 Å². The lowest BCUT2D eigenvalue weighted by Crippen LogP contribution is -2.32. The summed E-state index contributed by atoms with van der Waals surface area (Å²) in [6, 6.07) is 13.8. The Labute approximate surface area is 150 Å². The molecule has 0 saturated carbocycles. The third kappa shape index (κ3) is 5.82. The molecule has 25 heavy (non-hydrogen) atoms. The average molecular weight is 341 g/mol. The summed E-state index contributed by atoms with van der Waals surface area (Å²) in [6.07, 6.45) is 0. The number of nitrogens with one attached hydrogen (secondary N) is 1. The van der Waals surface area contributed by atoms with Crippen molar-refractivity contribution in [2.24, 2.45) is 0 Å². The van der Waals surface area contributed by atoms with E-state index in [1.54, 1.807) is 0 Å². The van der Waals surface area contributed by atoms with Gasteiger partial charge in [-0.25, -0.2) is 0 Å². The fraction of sp³-hybridized carbons (Fsp3) is 0.381. The number of ether oxygens (including phenoxy) is 2. The van der Waals surface area contributed by atoms with Crippen molar-refractivity contribution in [2.45, 2.75) is 33.6 Å². The van der Waals surface area contributed by atoms with Crippen LogP contribution in [0.2, 0.25) is 0 Å². The quantitative estimate of drug-likeness (QED) is 0.738. The van der Waals surface area contributed by atoms with E-state index in [1.165, 1.54) is 11.1 Å². The number of hydrogen-bond donors (Lipinski definition) is 1. The highest BCUT2D eigenvalue weighted by atomic mass is 16.5. The van der Waals surface area contributed by atoms with E-state index in [9.17, 15) is 4.79 Å². The zero-order chi connectivity index (χ0) is 18.2. The predicted octanol–water partition coefficient (Wildman–Crippen LogP) is 4.00. The molecule has 0 aliphatic heterocycles. The van der Waals surface area contributed by atoms with E-state index in [4.69, 9.17) is 9.47 Å². The van der Waals surface area contributed by atoms with Gasteiger partial charge in [-0.15, -0.1) is 0 Å². The minimum atomic E-state index is -0.155. The molecule has 0 aromatic heterocycles. The number of amides is 1. The van der Waals surface area contributed by atoms with Gasteiger partial charge < -0.3 is 14.8 Å². The standard InChI is InChI=1S/C21H27NO3/c1-15(2)18-8-10-19(11-9-18)25-14-21(23)22-12-13-24-20-7-5-6-16(3)17(20)4/h5-11,15H,12-14H2,1-4H3,(H,22,23). The van der Waals surface area contributed by atoms with Crippen LogP contribution in [0, 0.1) is 13.8 Å². The van der Waals surface area contributed by atoms with Crippen LogP contribution in [0.5, 0.6) is 11.5 Å². The highest BCUT2D eigenvalue weighted by Crippen LogP contribution is 2.20. The van der Waals surface area contributed by atoms with E-state index in [2.05, 4.69) is 32.2 Å². The van der Waals surface area contributed by atoms with Gasteiger partial charge in [-0.3, -0.25) is 4.79 Å². The van der Waals surface area contributed by atoms with Crippen molar-refractivity contribution in [1.29, 1.82) is 0 Å². The van der Waals surface area contributed by atoms with Crippen LogP contribution in [-0.4, -0.2) is 25.7 Å². The molecular formula is C21H27NO3. The Bertz CT molecular complexity index is 693. The molecule has 2 aromatic carbocycles. The first-order valence-electron chi connectivity index (χ1n) is 8.66. The zero-order valence-electron chi connectivity index (χ0n) is 15.5. The monoisotopic (exact) mass is 341 g/mol. The lowest BCUT2D eigenvalue weighted by atomic mass is 10.0. The van der Waals surface area contributed by atoms with Crippen LogP contribution in [0.15, 0.2) is 42.5 Å². The third-order valence-electron chi connectivity index (χ3n) is 4.15. The van der Waals surface area contributed by atoms with Gasteiger partial charge in [0.25, 0.3) is 5.91 Å². The van der Waals surface area contributed by atoms with Gasteiger partial charge in [0, 0.05) is 0 Å². The summed E-state index contributed by atoms with van der Waals surface area (Å²) in [4.78, 5) is 11.8. The number of benzene rings is 2. The van der Waals surface area contributed by atoms with Crippen molar-refractivity contribution in [3.05, 3.63) is 59.2 Å². The maximum atomic E-state index is 11.8. The summed E-state index contributed by atoms with van der Waals surface area (Å²) < 4.78 is 11.2. The van der Waals surface area contributed by atoms with Crippen LogP contribution in [0.4, 0.5) is 0 Å². The Morgan fingerprint density at radius 3 is 2.44 bits per heavy atom.